The van der Waals surface area contributed by atoms with Gasteiger partial charge in [0, 0.05) is 0 Å². The summed E-state index contributed by atoms with van der Waals surface area (Å²) in [4.78, 5) is 47.0. The molecule has 0 aliphatic carbocycles. The predicted octanol–water partition coefficient (Wildman–Crippen LogP) is -0.960. The summed E-state index contributed by atoms with van der Waals surface area (Å²) in [6.07, 6.45) is -1.60. The molecule has 1 aromatic carbocycles. The van der Waals surface area contributed by atoms with E-state index >= 15 is 0 Å². The summed E-state index contributed by atoms with van der Waals surface area (Å²) in [7, 11) is 0. The molecule has 0 fully saturated rings. The number of primary amides is 1. The molecule has 22 heavy (non-hydrogen) atoms. The number of nitrogens with two attached hydrogens (primary N) is 1. The van der Waals surface area contributed by atoms with Gasteiger partial charge in [-0.3, -0.25) is 14.4 Å². The van der Waals surface area contributed by atoms with E-state index in [2.05, 4.69) is 0 Å². The average molecular weight is 307 g/mol. The van der Waals surface area contributed by atoms with Crippen LogP contribution in [-0.2, 0) is 14.4 Å². The van der Waals surface area contributed by atoms with Crippen LogP contribution in [0.4, 0.5) is 0 Å². The van der Waals surface area contributed by atoms with Crippen LogP contribution in [0.15, 0.2) is 12.1 Å². The van der Waals surface area contributed by atoms with Crippen LogP contribution in [0, 0.1) is 0 Å². The lowest BCUT2D eigenvalue weighted by molar-refractivity contribution is -0.170. The Balaban J connectivity index is 2.30. The van der Waals surface area contributed by atoms with Crippen molar-refractivity contribution in [2.24, 2.45) is 5.73 Å². The van der Waals surface area contributed by atoms with Crippen molar-refractivity contribution in [3.63, 3.8) is 0 Å². The molecule has 114 valence electrons. The van der Waals surface area contributed by atoms with Crippen LogP contribution in [0.25, 0.3) is 0 Å². The molecule has 2 bridgehead atoms. The summed E-state index contributed by atoms with van der Waals surface area (Å²) in [5.41, 5.74) is 2.54. The van der Waals surface area contributed by atoms with E-state index in [-0.39, 0.29) is 11.3 Å². The van der Waals surface area contributed by atoms with Crippen molar-refractivity contribution in [3.05, 3.63) is 17.7 Å². The normalized spacial score (nSPS) is 23.4. The second kappa shape index (κ2) is 4.53. The number of rotatable bonds is 1. The van der Waals surface area contributed by atoms with Gasteiger partial charge in [0.1, 0.15) is 0 Å². The second-order valence-corrected chi connectivity index (χ2v) is 4.86. The van der Waals surface area contributed by atoms with Crippen LogP contribution in [0.5, 0.6) is 17.2 Å². The highest BCUT2D eigenvalue weighted by Gasteiger charge is 2.48. The van der Waals surface area contributed by atoms with Crippen molar-refractivity contribution in [3.8, 4) is 17.2 Å². The standard InChI is InChI=1S/C13H9NO8/c14-11(17)5-1-2-6-10-9(5)21-8(16)4-13(19,12(18)22-10)3-7(15)20-6/h1-2,19H,3-4H2,(H2,14,17). The minimum absolute atomic E-state index is 0.227. The zero-order valence-corrected chi connectivity index (χ0v) is 11.0. The Morgan fingerprint density at radius 1 is 1.05 bits per heavy atom. The number of carbonyl (C=O) groups is 4. The molecular formula is C13H9NO8. The lowest BCUT2D eigenvalue weighted by Crippen LogP contribution is -2.49. The van der Waals surface area contributed by atoms with Gasteiger partial charge in [-0.15, -0.1) is 0 Å². The molecule has 0 radical (unpaired) electrons. The van der Waals surface area contributed by atoms with Crippen LogP contribution in [0.3, 0.4) is 0 Å². The third-order valence-electron chi connectivity index (χ3n) is 3.23. The Morgan fingerprint density at radius 3 is 2.32 bits per heavy atom. The van der Waals surface area contributed by atoms with Crippen LogP contribution in [-0.4, -0.2) is 34.5 Å². The van der Waals surface area contributed by atoms with Crippen molar-refractivity contribution in [1.29, 1.82) is 0 Å². The maximum Gasteiger partial charge on any atom is 0.345 e. The number of aliphatic hydroxyl groups is 1. The SMILES string of the molecule is NC(=O)c1ccc2c3c1OC(=O)CC(O)(CC(=O)O2)C(=O)O3. The number of esters is 3. The highest BCUT2D eigenvalue weighted by molar-refractivity contribution is 6.01. The summed E-state index contributed by atoms with van der Waals surface area (Å²) >= 11 is 0. The van der Waals surface area contributed by atoms with Crippen LogP contribution in [0.2, 0.25) is 0 Å². The summed E-state index contributed by atoms with van der Waals surface area (Å²) in [6.45, 7) is 0. The van der Waals surface area contributed by atoms with Crippen molar-refractivity contribution in [1.82, 2.24) is 0 Å². The molecule has 1 unspecified atom stereocenters. The van der Waals surface area contributed by atoms with E-state index in [0.29, 0.717) is 0 Å². The van der Waals surface area contributed by atoms with Gasteiger partial charge in [0.05, 0.1) is 18.4 Å². The van der Waals surface area contributed by atoms with Gasteiger partial charge in [-0.1, -0.05) is 0 Å². The third kappa shape index (κ3) is 2.07. The van der Waals surface area contributed by atoms with Crippen molar-refractivity contribution in [2.75, 3.05) is 0 Å². The first-order valence-electron chi connectivity index (χ1n) is 6.13. The van der Waals surface area contributed by atoms with Crippen molar-refractivity contribution in [2.45, 2.75) is 18.4 Å². The summed E-state index contributed by atoms with van der Waals surface area (Å²) in [5.74, 6) is -5.23. The van der Waals surface area contributed by atoms with Gasteiger partial charge in [0.15, 0.2) is 17.1 Å². The van der Waals surface area contributed by atoms with E-state index in [1.165, 1.54) is 12.1 Å². The summed E-state index contributed by atoms with van der Waals surface area (Å²) in [6, 6.07) is 2.34. The fraction of sp³-hybridized carbons (Fsp3) is 0.231. The molecule has 2 aliphatic heterocycles. The van der Waals surface area contributed by atoms with E-state index in [9.17, 15) is 24.3 Å². The van der Waals surface area contributed by atoms with Crippen molar-refractivity contribution >= 4 is 23.8 Å². The van der Waals surface area contributed by atoms with Gasteiger partial charge in [-0.25, -0.2) is 4.79 Å². The Bertz CT molecular complexity index is 740. The highest BCUT2D eigenvalue weighted by atomic mass is 16.6. The minimum atomic E-state index is -2.40. The lowest BCUT2D eigenvalue weighted by atomic mass is 9.94. The van der Waals surface area contributed by atoms with Gasteiger partial charge >= 0.3 is 17.9 Å². The average Bonchev–Trinajstić information content (AvgIpc) is 2.38. The monoisotopic (exact) mass is 307 g/mol. The number of hydrogen-bond donors (Lipinski definition) is 2. The molecule has 1 atom stereocenters. The number of fused-ring (bicyclic) bond motifs is 2. The van der Waals surface area contributed by atoms with Crippen LogP contribution >= 0.6 is 0 Å². The quantitative estimate of drug-likeness (QED) is 0.499. The Labute approximate surface area is 122 Å². The maximum atomic E-state index is 12.0. The molecule has 3 N–H and O–H groups in total. The largest absolute Gasteiger partial charge is 0.422 e. The number of ether oxygens (including phenoxy) is 3. The predicted molar refractivity (Wildman–Crippen MR) is 66.0 cm³/mol. The van der Waals surface area contributed by atoms with Crippen LogP contribution in [0.1, 0.15) is 23.2 Å². The van der Waals surface area contributed by atoms with E-state index in [1.807, 2.05) is 0 Å². The molecule has 9 heteroatoms. The van der Waals surface area contributed by atoms with Gasteiger partial charge in [0.2, 0.25) is 5.75 Å². The molecule has 3 rings (SSSR count). The van der Waals surface area contributed by atoms with Crippen LogP contribution < -0.4 is 19.9 Å². The smallest absolute Gasteiger partial charge is 0.345 e. The molecule has 0 aromatic heterocycles. The molecule has 9 nitrogen and oxygen atoms in total. The van der Waals surface area contributed by atoms with Gasteiger partial charge in [-0.2, -0.15) is 0 Å². The lowest BCUT2D eigenvalue weighted by Gasteiger charge is -2.30. The molecule has 0 spiro atoms. The molecule has 0 saturated carbocycles. The molecule has 2 heterocycles. The van der Waals surface area contributed by atoms with Crippen molar-refractivity contribution < 1.29 is 38.5 Å². The van der Waals surface area contributed by atoms with E-state index < -0.39 is 53.8 Å². The topological polar surface area (TPSA) is 142 Å². The molecule has 1 amide bonds. The number of carbonyl (C=O) groups excluding carboxylic acids is 4. The highest BCUT2D eigenvalue weighted by Crippen LogP contribution is 2.44. The number of amides is 1. The third-order valence-corrected chi connectivity index (χ3v) is 3.23. The minimum Gasteiger partial charge on any atom is -0.422 e. The fourth-order valence-corrected chi connectivity index (χ4v) is 2.20. The van der Waals surface area contributed by atoms with E-state index in [0.717, 1.165) is 0 Å². The molecule has 1 aromatic rings. The molecule has 2 aliphatic rings. The molecular weight excluding hydrogens is 298 g/mol. The molecule has 0 saturated heterocycles. The Morgan fingerprint density at radius 2 is 1.68 bits per heavy atom. The zero-order valence-electron chi connectivity index (χ0n) is 11.0. The second-order valence-electron chi connectivity index (χ2n) is 4.86. The Kier molecular flexibility index (Phi) is 2.89. The summed E-state index contributed by atoms with van der Waals surface area (Å²) < 4.78 is 14.9. The first kappa shape index (κ1) is 14.0. The Hall–Kier alpha value is -2.94. The number of benzene rings is 1. The number of hydrogen-bond acceptors (Lipinski definition) is 8. The maximum absolute atomic E-state index is 12.0. The first-order chi connectivity index (χ1) is 10.3. The van der Waals surface area contributed by atoms with Gasteiger partial charge in [-0.05, 0) is 12.1 Å². The van der Waals surface area contributed by atoms with E-state index in [1.54, 1.807) is 0 Å². The zero-order chi connectivity index (χ0) is 16.1. The van der Waals surface area contributed by atoms with Gasteiger partial charge < -0.3 is 25.1 Å². The first-order valence-corrected chi connectivity index (χ1v) is 6.13. The summed E-state index contributed by atoms with van der Waals surface area (Å²) in [5, 5.41) is 10.2. The fourth-order valence-electron chi connectivity index (χ4n) is 2.20. The van der Waals surface area contributed by atoms with Gasteiger partial charge in [0.25, 0.3) is 5.91 Å². The van der Waals surface area contributed by atoms with E-state index in [4.69, 9.17) is 19.9 Å².